The van der Waals surface area contributed by atoms with E-state index in [0.29, 0.717) is 12.2 Å². The average Bonchev–Trinajstić information content (AvgIpc) is 2.77. The van der Waals surface area contributed by atoms with E-state index in [2.05, 4.69) is 10.0 Å². The Labute approximate surface area is 105 Å². The molecule has 0 aromatic carbocycles. The fourth-order valence-electron chi connectivity index (χ4n) is 1.77. The van der Waals surface area contributed by atoms with Crippen molar-refractivity contribution in [3.8, 4) is 0 Å². The first-order valence-corrected chi connectivity index (χ1v) is 5.59. The van der Waals surface area contributed by atoms with E-state index in [1.807, 2.05) is 26.8 Å². The highest BCUT2D eigenvalue weighted by atomic mass is 16.6. The van der Waals surface area contributed by atoms with Gasteiger partial charge in [-0.3, -0.25) is 4.90 Å². The van der Waals surface area contributed by atoms with Gasteiger partial charge in [-0.1, -0.05) is 17.3 Å². The Kier molecular flexibility index (Phi) is 2.88. The van der Waals surface area contributed by atoms with Crippen molar-refractivity contribution < 1.29 is 9.53 Å². The highest BCUT2D eigenvalue weighted by molar-refractivity contribution is 5.74. The fraction of sp³-hybridized carbons (Fsp3) is 0.417. The van der Waals surface area contributed by atoms with Crippen LogP contribution in [-0.2, 0) is 4.74 Å². The first-order valence-electron chi connectivity index (χ1n) is 5.59. The van der Waals surface area contributed by atoms with Gasteiger partial charge in [-0.25, -0.2) is 4.79 Å². The van der Waals surface area contributed by atoms with E-state index >= 15 is 0 Å². The van der Waals surface area contributed by atoms with Crippen LogP contribution in [0.1, 0.15) is 20.8 Å². The Morgan fingerprint density at radius 2 is 2.22 bits per heavy atom. The van der Waals surface area contributed by atoms with E-state index in [9.17, 15) is 4.79 Å². The molecule has 1 amide bonds. The number of amides is 1. The molecule has 6 heteroatoms. The molecule has 18 heavy (non-hydrogen) atoms. The molecule has 1 heterocycles. The molecule has 0 saturated carbocycles. The summed E-state index contributed by atoms with van der Waals surface area (Å²) in [5.41, 5.74) is 10.2. The zero-order valence-corrected chi connectivity index (χ0v) is 10.5. The van der Waals surface area contributed by atoms with Crippen LogP contribution in [0.5, 0.6) is 0 Å². The molecule has 0 saturated heterocycles. The Morgan fingerprint density at radius 1 is 1.50 bits per heavy atom. The molecule has 0 fully saturated rings. The molecule has 0 N–H and O–H groups in total. The van der Waals surface area contributed by atoms with Gasteiger partial charge >= 0.3 is 6.09 Å². The molecule has 0 unspecified atom stereocenters. The number of rotatable bonds is 1. The van der Waals surface area contributed by atoms with Crippen LogP contribution in [0.2, 0.25) is 0 Å². The molecule has 0 aromatic heterocycles. The number of fused-ring (bicyclic) bond motifs is 1. The number of nitrogens with zero attached hydrogens (tertiary/aromatic N) is 4. The summed E-state index contributed by atoms with van der Waals surface area (Å²) in [6, 6.07) is 0. The normalized spacial score (nSPS) is 17.5. The molecule has 0 bridgehead atoms. The summed E-state index contributed by atoms with van der Waals surface area (Å²) in [5.74, 6) is 0. The van der Waals surface area contributed by atoms with E-state index in [1.165, 1.54) is 4.90 Å². The van der Waals surface area contributed by atoms with Gasteiger partial charge in [0.15, 0.2) is 0 Å². The smallest absolute Gasteiger partial charge is 0.414 e. The van der Waals surface area contributed by atoms with Gasteiger partial charge in [-0.05, 0) is 31.9 Å². The largest absolute Gasteiger partial charge is 0.443 e. The second-order valence-corrected chi connectivity index (χ2v) is 5.08. The lowest BCUT2D eigenvalue weighted by Gasteiger charge is -2.23. The van der Waals surface area contributed by atoms with Crippen LogP contribution in [0.4, 0.5) is 4.79 Å². The van der Waals surface area contributed by atoms with Crippen LogP contribution < -0.4 is 0 Å². The van der Waals surface area contributed by atoms with E-state index in [1.54, 1.807) is 12.3 Å². The lowest BCUT2D eigenvalue weighted by Crippen LogP contribution is -2.32. The van der Waals surface area contributed by atoms with Crippen molar-refractivity contribution in [3.05, 3.63) is 45.6 Å². The summed E-state index contributed by atoms with van der Waals surface area (Å²) in [6.07, 6.45) is 4.85. The van der Waals surface area contributed by atoms with E-state index in [4.69, 9.17) is 10.3 Å². The minimum atomic E-state index is -0.523. The molecule has 6 nitrogen and oxygen atoms in total. The quantitative estimate of drug-likeness (QED) is 0.404. The van der Waals surface area contributed by atoms with Crippen molar-refractivity contribution >= 4 is 6.09 Å². The van der Waals surface area contributed by atoms with Crippen LogP contribution in [0.15, 0.2) is 40.3 Å². The number of azide groups is 1. The minimum absolute atomic E-state index is 0.398. The van der Waals surface area contributed by atoms with Crippen LogP contribution in [-0.4, -0.2) is 23.1 Å². The Bertz CT molecular complexity index is 531. The highest BCUT2D eigenvalue weighted by Crippen LogP contribution is 2.33. The van der Waals surface area contributed by atoms with Crippen molar-refractivity contribution in [2.75, 3.05) is 6.54 Å². The number of allylic oxidation sites excluding steroid dienone is 3. The Hall–Kier alpha value is -2.20. The maximum atomic E-state index is 11.9. The van der Waals surface area contributed by atoms with Gasteiger partial charge in [0.2, 0.25) is 0 Å². The number of carbonyl (C=O) groups excluding carboxylic acids is 1. The SMILES string of the molecule is CC(C)(C)OC(=O)N1C=C2C(=CC=C2N=[N+]=[N-])C1. The lowest BCUT2D eigenvalue weighted by atomic mass is 10.2. The highest BCUT2D eigenvalue weighted by Gasteiger charge is 2.29. The minimum Gasteiger partial charge on any atom is -0.443 e. The summed E-state index contributed by atoms with van der Waals surface area (Å²) in [7, 11) is 0. The molecule has 1 aliphatic heterocycles. The summed E-state index contributed by atoms with van der Waals surface area (Å²) < 4.78 is 5.27. The van der Waals surface area contributed by atoms with E-state index in [-0.39, 0.29) is 0 Å². The van der Waals surface area contributed by atoms with E-state index < -0.39 is 11.7 Å². The third-order valence-corrected chi connectivity index (χ3v) is 2.47. The molecule has 0 aromatic rings. The number of ether oxygens (including phenoxy) is 1. The monoisotopic (exact) mass is 246 g/mol. The third-order valence-electron chi connectivity index (χ3n) is 2.47. The van der Waals surface area contributed by atoms with Gasteiger partial charge in [0, 0.05) is 22.4 Å². The summed E-state index contributed by atoms with van der Waals surface area (Å²) in [6.45, 7) is 5.91. The van der Waals surface area contributed by atoms with Crippen LogP contribution in [0.25, 0.3) is 10.4 Å². The molecular formula is C12H14N4O2. The second-order valence-electron chi connectivity index (χ2n) is 5.08. The summed E-state index contributed by atoms with van der Waals surface area (Å²) >= 11 is 0. The zero-order chi connectivity index (χ0) is 13.3. The molecule has 0 spiro atoms. The molecule has 2 aliphatic rings. The maximum absolute atomic E-state index is 11.9. The van der Waals surface area contributed by atoms with Gasteiger partial charge < -0.3 is 4.74 Å². The molecular weight excluding hydrogens is 232 g/mol. The van der Waals surface area contributed by atoms with Crippen molar-refractivity contribution in [1.29, 1.82) is 0 Å². The first-order chi connectivity index (χ1) is 8.40. The van der Waals surface area contributed by atoms with Crippen LogP contribution in [0.3, 0.4) is 0 Å². The first kappa shape index (κ1) is 12.3. The molecule has 0 radical (unpaired) electrons. The predicted octanol–water partition coefficient (Wildman–Crippen LogP) is 3.26. The van der Waals surface area contributed by atoms with Crippen molar-refractivity contribution in [3.63, 3.8) is 0 Å². The van der Waals surface area contributed by atoms with Gasteiger partial charge in [0.1, 0.15) is 5.60 Å². The number of hydrogen-bond acceptors (Lipinski definition) is 3. The molecule has 2 rings (SSSR count). The molecule has 0 atom stereocenters. The van der Waals surface area contributed by atoms with Crippen LogP contribution >= 0.6 is 0 Å². The Morgan fingerprint density at radius 3 is 2.83 bits per heavy atom. The Balaban J connectivity index is 2.13. The van der Waals surface area contributed by atoms with Crippen LogP contribution in [0, 0.1) is 0 Å². The second kappa shape index (κ2) is 4.23. The topological polar surface area (TPSA) is 78.3 Å². The number of carbonyl (C=O) groups is 1. The van der Waals surface area contributed by atoms with Gasteiger partial charge in [0.05, 0.1) is 6.54 Å². The molecule has 94 valence electrons. The standard InChI is InChI=1S/C12H14N4O2/c1-12(2,3)18-11(17)16-6-8-4-5-10(14-15-13)9(8)7-16/h4-5,7H,6H2,1-3H3. The summed E-state index contributed by atoms with van der Waals surface area (Å²) in [4.78, 5) is 16.1. The van der Waals surface area contributed by atoms with E-state index in [0.717, 1.165) is 11.1 Å². The van der Waals surface area contributed by atoms with Gasteiger partial charge in [-0.2, -0.15) is 0 Å². The van der Waals surface area contributed by atoms with Gasteiger partial charge in [0.25, 0.3) is 0 Å². The average molecular weight is 246 g/mol. The van der Waals surface area contributed by atoms with Crippen molar-refractivity contribution in [1.82, 2.24) is 4.90 Å². The maximum Gasteiger partial charge on any atom is 0.414 e. The van der Waals surface area contributed by atoms with Crippen molar-refractivity contribution in [2.45, 2.75) is 26.4 Å². The van der Waals surface area contributed by atoms with Crippen molar-refractivity contribution in [2.24, 2.45) is 5.11 Å². The predicted molar refractivity (Wildman–Crippen MR) is 66.3 cm³/mol. The fourth-order valence-corrected chi connectivity index (χ4v) is 1.77. The molecule has 1 aliphatic carbocycles. The van der Waals surface area contributed by atoms with Gasteiger partial charge in [-0.15, -0.1) is 0 Å². The lowest BCUT2D eigenvalue weighted by molar-refractivity contribution is 0.0357. The zero-order valence-electron chi connectivity index (χ0n) is 10.5. The number of hydrogen-bond donors (Lipinski definition) is 0. The summed E-state index contributed by atoms with van der Waals surface area (Å²) in [5, 5.41) is 3.58. The third kappa shape index (κ3) is 2.38.